The number of carbonyl (C=O) groups excluding carboxylic acids is 1. The lowest BCUT2D eigenvalue weighted by Crippen LogP contribution is -2.27. The summed E-state index contributed by atoms with van der Waals surface area (Å²) in [4.78, 5) is 12.2. The quantitative estimate of drug-likeness (QED) is 0.741. The molecule has 0 aliphatic carbocycles. The molecule has 0 fully saturated rings. The molecule has 0 spiro atoms. The van der Waals surface area contributed by atoms with Crippen LogP contribution in [0, 0.1) is 0 Å². The topological polar surface area (TPSA) is 43.4 Å². The summed E-state index contributed by atoms with van der Waals surface area (Å²) in [6, 6.07) is 9.01. The fourth-order valence-electron chi connectivity index (χ4n) is 1.42. The van der Waals surface area contributed by atoms with Crippen LogP contribution in [0.1, 0.15) is 19.8 Å². The van der Waals surface area contributed by atoms with Crippen molar-refractivity contribution in [3.8, 4) is 0 Å². The highest BCUT2D eigenvalue weighted by molar-refractivity contribution is 7.86. The van der Waals surface area contributed by atoms with Crippen LogP contribution in [-0.2, 0) is 20.3 Å². The minimum Gasteiger partial charge on any atom is -0.468 e. The summed E-state index contributed by atoms with van der Waals surface area (Å²) in [5.74, 6) is -0.399. The van der Waals surface area contributed by atoms with E-state index in [1.54, 1.807) is 12.1 Å². The lowest BCUT2D eigenvalue weighted by atomic mass is 10.2. The van der Waals surface area contributed by atoms with Crippen LogP contribution in [-0.4, -0.2) is 22.5 Å². The zero-order valence-electron chi connectivity index (χ0n) is 9.51. The molecule has 4 heteroatoms. The normalized spacial score (nSPS) is 14.1. The maximum absolute atomic E-state index is 12.1. The maximum Gasteiger partial charge on any atom is 0.321 e. The molecular weight excluding hydrogens is 224 g/mol. The van der Waals surface area contributed by atoms with E-state index >= 15 is 0 Å². The van der Waals surface area contributed by atoms with Crippen molar-refractivity contribution < 1.29 is 13.7 Å². The van der Waals surface area contributed by atoms with E-state index in [9.17, 15) is 9.00 Å². The van der Waals surface area contributed by atoms with Gasteiger partial charge in [0.2, 0.25) is 0 Å². The van der Waals surface area contributed by atoms with Gasteiger partial charge >= 0.3 is 5.97 Å². The summed E-state index contributed by atoms with van der Waals surface area (Å²) in [7, 11) is 0.000988. The smallest absolute Gasteiger partial charge is 0.321 e. The highest BCUT2D eigenvalue weighted by atomic mass is 32.2. The molecule has 0 radical (unpaired) electrons. The van der Waals surface area contributed by atoms with Crippen molar-refractivity contribution in [1.29, 1.82) is 0 Å². The third-order valence-corrected chi connectivity index (χ3v) is 3.93. The SMILES string of the molecule is CCCC(C(=O)OC)S(=O)c1ccccc1. The number of benzene rings is 1. The number of carbonyl (C=O) groups is 1. The van der Waals surface area contributed by atoms with Gasteiger partial charge in [0.05, 0.1) is 17.9 Å². The van der Waals surface area contributed by atoms with E-state index in [1.165, 1.54) is 7.11 Å². The maximum atomic E-state index is 12.1. The molecule has 0 saturated heterocycles. The van der Waals surface area contributed by atoms with E-state index < -0.39 is 22.0 Å². The molecule has 0 heterocycles. The Morgan fingerprint density at radius 1 is 1.38 bits per heavy atom. The third-order valence-electron chi connectivity index (χ3n) is 2.25. The van der Waals surface area contributed by atoms with Crippen LogP contribution < -0.4 is 0 Å². The van der Waals surface area contributed by atoms with Gasteiger partial charge in [0, 0.05) is 4.90 Å². The zero-order valence-corrected chi connectivity index (χ0v) is 10.3. The van der Waals surface area contributed by atoms with E-state index in [4.69, 9.17) is 0 Å². The van der Waals surface area contributed by atoms with Gasteiger partial charge < -0.3 is 4.74 Å². The second kappa shape index (κ2) is 6.43. The zero-order chi connectivity index (χ0) is 12.0. The van der Waals surface area contributed by atoms with E-state index in [2.05, 4.69) is 4.74 Å². The lowest BCUT2D eigenvalue weighted by Gasteiger charge is -2.13. The largest absolute Gasteiger partial charge is 0.468 e. The summed E-state index contributed by atoms with van der Waals surface area (Å²) in [5.41, 5.74) is 0. The average molecular weight is 240 g/mol. The molecule has 2 unspecified atom stereocenters. The van der Waals surface area contributed by atoms with E-state index in [1.807, 2.05) is 25.1 Å². The van der Waals surface area contributed by atoms with Crippen LogP contribution in [0.25, 0.3) is 0 Å². The van der Waals surface area contributed by atoms with Crippen molar-refractivity contribution >= 4 is 16.8 Å². The van der Waals surface area contributed by atoms with Crippen LogP contribution in [0.4, 0.5) is 0 Å². The molecule has 0 bridgehead atoms. The van der Waals surface area contributed by atoms with Crippen molar-refractivity contribution in [3.63, 3.8) is 0 Å². The predicted octanol–water partition coefficient (Wildman–Crippen LogP) is 2.14. The highest BCUT2D eigenvalue weighted by Gasteiger charge is 2.26. The first-order valence-corrected chi connectivity index (χ1v) is 6.45. The minimum absolute atomic E-state index is 0.399. The molecule has 88 valence electrons. The van der Waals surface area contributed by atoms with Crippen molar-refractivity contribution in [2.45, 2.75) is 29.9 Å². The van der Waals surface area contributed by atoms with Gasteiger partial charge in [-0.1, -0.05) is 31.5 Å². The molecule has 0 N–H and O–H groups in total. The van der Waals surface area contributed by atoms with E-state index in [-0.39, 0.29) is 0 Å². The van der Waals surface area contributed by atoms with E-state index in [0.717, 1.165) is 6.42 Å². The van der Waals surface area contributed by atoms with Crippen molar-refractivity contribution in [1.82, 2.24) is 0 Å². The fraction of sp³-hybridized carbons (Fsp3) is 0.417. The monoisotopic (exact) mass is 240 g/mol. The summed E-state index contributed by atoms with van der Waals surface area (Å²) >= 11 is 0. The number of hydrogen-bond acceptors (Lipinski definition) is 3. The number of hydrogen-bond donors (Lipinski definition) is 0. The molecule has 0 aliphatic heterocycles. The van der Waals surface area contributed by atoms with Gasteiger partial charge in [-0.3, -0.25) is 9.00 Å². The fourth-order valence-corrected chi connectivity index (χ4v) is 2.90. The molecule has 16 heavy (non-hydrogen) atoms. The van der Waals surface area contributed by atoms with Crippen LogP contribution in [0.5, 0.6) is 0 Å². The molecule has 0 saturated carbocycles. The van der Waals surface area contributed by atoms with Crippen molar-refractivity contribution in [2.24, 2.45) is 0 Å². The average Bonchev–Trinajstić information content (AvgIpc) is 2.35. The second-order valence-corrected chi connectivity index (χ2v) is 5.05. The predicted molar refractivity (Wildman–Crippen MR) is 63.6 cm³/mol. The van der Waals surface area contributed by atoms with Gasteiger partial charge in [-0.15, -0.1) is 0 Å². The Kier molecular flexibility index (Phi) is 5.19. The van der Waals surface area contributed by atoms with Crippen molar-refractivity contribution in [3.05, 3.63) is 30.3 Å². The molecule has 1 rings (SSSR count). The van der Waals surface area contributed by atoms with Crippen LogP contribution >= 0.6 is 0 Å². The first-order chi connectivity index (χ1) is 7.70. The molecule has 0 aromatic heterocycles. The Morgan fingerprint density at radius 3 is 2.50 bits per heavy atom. The Labute approximate surface area is 98.3 Å². The van der Waals surface area contributed by atoms with Gasteiger partial charge in [-0.2, -0.15) is 0 Å². The Balaban J connectivity index is 2.87. The van der Waals surface area contributed by atoms with Crippen LogP contribution in [0.2, 0.25) is 0 Å². The molecule has 1 aromatic carbocycles. The molecular formula is C12H16O3S. The highest BCUT2D eigenvalue weighted by Crippen LogP contribution is 2.16. The summed E-state index contributed by atoms with van der Waals surface area (Å²) in [6.07, 6.45) is 1.38. The Hall–Kier alpha value is -1.16. The summed E-state index contributed by atoms with van der Waals surface area (Å²) < 4.78 is 16.8. The molecule has 2 atom stereocenters. The van der Waals surface area contributed by atoms with Crippen LogP contribution in [0.3, 0.4) is 0 Å². The number of methoxy groups -OCH3 is 1. The van der Waals surface area contributed by atoms with Gasteiger partial charge in [0.15, 0.2) is 0 Å². The van der Waals surface area contributed by atoms with Gasteiger partial charge in [0.25, 0.3) is 0 Å². The third kappa shape index (κ3) is 3.17. The van der Waals surface area contributed by atoms with Crippen molar-refractivity contribution in [2.75, 3.05) is 7.11 Å². The van der Waals surface area contributed by atoms with Gasteiger partial charge in [-0.25, -0.2) is 0 Å². The number of ether oxygens (including phenoxy) is 1. The standard InChI is InChI=1S/C12H16O3S/c1-3-7-11(12(13)15-2)16(14)10-8-5-4-6-9-10/h4-6,8-9,11H,3,7H2,1-2H3. The summed E-state index contributed by atoms with van der Waals surface area (Å²) in [6.45, 7) is 1.96. The van der Waals surface area contributed by atoms with E-state index in [0.29, 0.717) is 11.3 Å². The Bertz CT molecular complexity index is 362. The minimum atomic E-state index is -1.33. The lowest BCUT2D eigenvalue weighted by molar-refractivity contribution is -0.140. The van der Waals surface area contributed by atoms with Gasteiger partial charge in [0.1, 0.15) is 5.25 Å². The molecule has 3 nitrogen and oxygen atoms in total. The molecule has 1 aromatic rings. The number of rotatable bonds is 5. The number of esters is 1. The summed E-state index contributed by atoms with van der Waals surface area (Å²) in [5, 5.41) is -0.558. The molecule has 0 amide bonds. The first kappa shape index (κ1) is 12.9. The first-order valence-electron chi connectivity index (χ1n) is 5.24. The Morgan fingerprint density at radius 2 is 2.00 bits per heavy atom. The molecule has 0 aliphatic rings. The van der Waals surface area contributed by atoms with Gasteiger partial charge in [-0.05, 0) is 18.6 Å². The van der Waals surface area contributed by atoms with Crippen LogP contribution in [0.15, 0.2) is 35.2 Å². The second-order valence-electron chi connectivity index (χ2n) is 3.41.